The summed E-state index contributed by atoms with van der Waals surface area (Å²) in [7, 11) is 0. The minimum atomic E-state index is -0.187. The van der Waals surface area contributed by atoms with Crippen LogP contribution in [0.1, 0.15) is 42.1 Å². The van der Waals surface area contributed by atoms with Crippen molar-refractivity contribution in [2.45, 2.75) is 26.2 Å². The molecule has 150 valence electrons. The zero-order chi connectivity index (χ0) is 20.2. The van der Waals surface area contributed by atoms with Crippen LogP contribution >= 0.6 is 0 Å². The van der Waals surface area contributed by atoms with Gasteiger partial charge in [0.05, 0.1) is 0 Å². The van der Waals surface area contributed by atoms with E-state index in [0.29, 0.717) is 31.1 Å². The molecule has 0 bridgehead atoms. The van der Waals surface area contributed by atoms with Gasteiger partial charge in [0.1, 0.15) is 5.75 Å². The minimum Gasteiger partial charge on any atom is -0.508 e. The molecule has 0 saturated carbocycles. The molecular formula is C22H30N4O2. The third-order valence-electron chi connectivity index (χ3n) is 4.28. The topological polar surface area (TPSA) is 85.8 Å². The van der Waals surface area contributed by atoms with Crippen LogP contribution in [0, 0.1) is 0 Å². The van der Waals surface area contributed by atoms with Gasteiger partial charge in [-0.3, -0.25) is 9.79 Å². The smallest absolute Gasteiger partial charge is 0.251 e. The third kappa shape index (κ3) is 7.31. The summed E-state index contributed by atoms with van der Waals surface area (Å²) in [4.78, 5) is 16.7. The molecule has 4 N–H and O–H groups in total. The van der Waals surface area contributed by atoms with Crippen LogP contribution in [-0.2, 0) is 0 Å². The van der Waals surface area contributed by atoms with Crippen LogP contribution in [0.3, 0.4) is 0 Å². The first-order chi connectivity index (χ1) is 13.6. The summed E-state index contributed by atoms with van der Waals surface area (Å²) >= 11 is 0. The van der Waals surface area contributed by atoms with E-state index in [1.54, 1.807) is 18.2 Å². The van der Waals surface area contributed by atoms with Crippen LogP contribution in [0.15, 0.2) is 59.6 Å². The molecule has 2 aromatic carbocycles. The van der Waals surface area contributed by atoms with Crippen molar-refractivity contribution in [1.29, 1.82) is 0 Å². The van der Waals surface area contributed by atoms with Gasteiger partial charge in [0, 0.05) is 37.7 Å². The number of hydrogen-bond donors (Lipinski definition) is 4. The Morgan fingerprint density at radius 2 is 1.79 bits per heavy atom. The second-order valence-corrected chi connectivity index (χ2v) is 6.62. The maximum Gasteiger partial charge on any atom is 0.251 e. The third-order valence-corrected chi connectivity index (χ3v) is 4.28. The number of phenolic OH excluding ortho intramolecular Hbond substituents is 1. The van der Waals surface area contributed by atoms with Crippen LogP contribution in [0.25, 0.3) is 0 Å². The Morgan fingerprint density at radius 3 is 2.50 bits per heavy atom. The molecule has 0 radical (unpaired) electrons. The molecule has 0 aromatic heterocycles. The largest absolute Gasteiger partial charge is 0.508 e. The Morgan fingerprint density at radius 1 is 1.04 bits per heavy atom. The lowest BCUT2D eigenvalue weighted by molar-refractivity contribution is 0.0953. The number of phenols is 1. The highest BCUT2D eigenvalue weighted by molar-refractivity contribution is 5.94. The summed E-state index contributed by atoms with van der Waals surface area (Å²) in [6.07, 6.45) is 0.767. The summed E-state index contributed by atoms with van der Waals surface area (Å²) in [5.74, 6) is 1.03. The van der Waals surface area contributed by atoms with Crippen molar-refractivity contribution in [3.8, 4) is 5.75 Å². The first-order valence-corrected chi connectivity index (χ1v) is 9.74. The summed E-state index contributed by atoms with van der Waals surface area (Å²) in [5.41, 5.74) is 1.73. The molecule has 2 aromatic rings. The fourth-order valence-electron chi connectivity index (χ4n) is 2.70. The lowest BCUT2D eigenvalue weighted by Crippen LogP contribution is -2.39. The van der Waals surface area contributed by atoms with E-state index in [1.165, 1.54) is 11.6 Å². The van der Waals surface area contributed by atoms with Crippen molar-refractivity contribution in [2.75, 3.05) is 26.2 Å². The van der Waals surface area contributed by atoms with E-state index in [0.717, 1.165) is 18.9 Å². The van der Waals surface area contributed by atoms with E-state index in [9.17, 15) is 9.90 Å². The standard InChI is InChI=1S/C22H30N4O2/c1-3-23-22(26-16-17(2)18-9-5-4-6-10-18)25-14-8-13-24-21(28)19-11-7-12-20(27)15-19/h4-7,9-12,15,17,27H,3,8,13-14,16H2,1-2H3,(H,24,28)(H2,23,25,26). The Kier molecular flexibility index (Phi) is 8.85. The zero-order valence-electron chi connectivity index (χ0n) is 16.6. The van der Waals surface area contributed by atoms with Gasteiger partial charge in [0.25, 0.3) is 5.91 Å². The van der Waals surface area contributed by atoms with Gasteiger partial charge in [0.2, 0.25) is 0 Å². The monoisotopic (exact) mass is 382 g/mol. The molecule has 0 heterocycles. The maximum absolute atomic E-state index is 12.0. The highest BCUT2D eigenvalue weighted by Gasteiger charge is 2.06. The van der Waals surface area contributed by atoms with Gasteiger partial charge >= 0.3 is 0 Å². The van der Waals surface area contributed by atoms with E-state index in [1.807, 2.05) is 25.1 Å². The van der Waals surface area contributed by atoms with Gasteiger partial charge in [-0.05, 0) is 37.1 Å². The number of aromatic hydroxyl groups is 1. The first-order valence-electron chi connectivity index (χ1n) is 9.74. The molecule has 0 aliphatic carbocycles. The summed E-state index contributed by atoms with van der Waals surface area (Å²) < 4.78 is 0. The van der Waals surface area contributed by atoms with Gasteiger partial charge in [-0.15, -0.1) is 0 Å². The van der Waals surface area contributed by atoms with Crippen LogP contribution in [0.4, 0.5) is 0 Å². The van der Waals surface area contributed by atoms with Gasteiger partial charge in [0.15, 0.2) is 5.96 Å². The van der Waals surface area contributed by atoms with E-state index >= 15 is 0 Å². The average molecular weight is 383 g/mol. The number of benzene rings is 2. The molecule has 2 rings (SSSR count). The lowest BCUT2D eigenvalue weighted by Gasteiger charge is -2.14. The van der Waals surface area contributed by atoms with Crippen molar-refractivity contribution in [1.82, 2.24) is 16.0 Å². The van der Waals surface area contributed by atoms with Gasteiger partial charge < -0.3 is 21.1 Å². The maximum atomic E-state index is 12.0. The molecule has 0 saturated heterocycles. The van der Waals surface area contributed by atoms with Crippen molar-refractivity contribution < 1.29 is 9.90 Å². The zero-order valence-corrected chi connectivity index (χ0v) is 16.6. The van der Waals surface area contributed by atoms with Crippen LogP contribution in [-0.4, -0.2) is 43.2 Å². The number of amides is 1. The SMILES string of the molecule is CCNC(=NCC(C)c1ccccc1)NCCCNC(=O)c1cccc(O)c1. The molecule has 0 aliphatic rings. The van der Waals surface area contributed by atoms with Crippen molar-refractivity contribution in [3.63, 3.8) is 0 Å². The Labute approximate surface area is 167 Å². The Bertz CT molecular complexity index is 762. The summed E-state index contributed by atoms with van der Waals surface area (Å²) in [6.45, 7) is 6.94. The molecule has 0 aliphatic heterocycles. The van der Waals surface area contributed by atoms with E-state index in [4.69, 9.17) is 0 Å². The molecule has 0 fully saturated rings. The number of guanidine groups is 1. The van der Waals surface area contributed by atoms with Gasteiger partial charge in [-0.1, -0.05) is 43.3 Å². The molecule has 28 heavy (non-hydrogen) atoms. The van der Waals surface area contributed by atoms with Crippen LogP contribution < -0.4 is 16.0 Å². The molecule has 6 heteroatoms. The van der Waals surface area contributed by atoms with Gasteiger partial charge in [-0.25, -0.2) is 0 Å². The normalized spacial score (nSPS) is 12.3. The van der Waals surface area contributed by atoms with Crippen LogP contribution in [0.5, 0.6) is 5.75 Å². The number of carbonyl (C=O) groups excluding carboxylic acids is 1. The quantitative estimate of drug-likeness (QED) is 0.305. The second-order valence-electron chi connectivity index (χ2n) is 6.62. The van der Waals surface area contributed by atoms with Crippen molar-refractivity contribution >= 4 is 11.9 Å². The number of hydrogen-bond acceptors (Lipinski definition) is 3. The summed E-state index contributed by atoms with van der Waals surface area (Å²) in [6, 6.07) is 16.7. The first kappa shape index (κ1) is 21.3. The lowest BCUT2D eigenvalue weighted by atomic mass is 10.0. The number of nitrogens with zero attached hydrogens (tertiary/aromatic N) is 1. The average Bonchev–Trinajstić information content (AvgIpc) is 2.72. The fourth-order valence-corrected chi connectivity index (χ4v) is 2.70. The Hall–Kier alpha value is -3.02. The number of rotatable bonds is 9. The van der Waals surface area contributed by atoms with Crippen molar-refractivity contribution in [2.24, 2.45) is 4.99 Å². The van der Waals surface area contributed by atoms with Gasteiger partial charge in [-0.2, -0.15) is 0 Å². The second kappa shape index (κ2) is 11.6. The minimum absolute atomic E-state index is 0.0885. The molecule has 1 atom stereocenters. The molecule has 0 spiro atoms. The molecule has 6 nitrogen and oxygen atoms in total. The Balaban J connectivity index is 1.73. The van der Waals surface area contributed by atoms with E-state index < -0.39 is 0 Å². The van der Waals surface area contributed by atoms with Crippen LogP contribution in [0.2, 0.25) is 0 Å². The number of aliphatic imine (C=N–C) groups is 1. The number of carbonyl (C=O) groups is 1. The molecule has 1 amide bonds. The van der Waals surface area contributed by atoms with E-state index in [2.05, 4.69) is 40.0 Å². The fraction of sp³-hybridized carbons (Fsp3) is 0.364. The highest BCUT2D eigenvalue weighted by Crippen LogP contribution is 2.14. The predicted molar refractivity (Wildman–Crippen MR) is 114 cm³/mol. The van der Waals surface area contributed by atoms with E-state index in [-0.39, 0.29) is 11.7 Å². The summed E-state index contributed by atoms with van der Waals surface area (Å²) in [5, 5.41) is 18.8. The molecular weight excluding hydrogens is 352 g/mol. The highest BCUT2D eigenvalue weighted by atomic mass is 16.3. The van der Waals surface area contributed by atoms with Crippen molar-refractivity contribution in [3.05, 3.63) is 65.7 Å². The predicted octanol–water partition coefficient (Wildman–Crippen LogP) is 2.87. The molecule has 1 unspecified atom stereocenters. The number of nitrogens with one attached hydrogen (secondary N) is 3.